The number of nitrogens with zero attached hydrogens (tertiary/aromatic N) is 5. The predicted molar refractivity (Wildman–Crippen MR) is 148 cm³/mol. The topological polar surface area (TPSA) is 121 Å². The molecule has 0 spiro atoms. The third-order valence-corrected chi connectivity index (χ3v) is 6.75. The van der Waals surface area contributed by atoms with Crippen LogP contribution in [0.1, 0.15) is 31.2 Å². The normalized spacial score (nSPS) is 12.0. The Hall–Kier alpha value is -4.31. The maximum Gasteiger partial charge on any atom is 0.273 e. The molecule has 9 nitrogen and oxygen atoms in total. The number of rotatable bonds is 8. The molecular formula is C27H27N7O2S. The van der Waals surface area contributed by atoms with Crippen molar-refractivity contribution in [3.05, 3.63) is 81.8 Å². The van der Waals surface area contributed by atoms with Gasteiger partial charge in [-0.2, -0.15) is 4.98 Å². The van der Waals surface area contributed by atoms with E-state index in [9.17, 15) is 4.79 Å². The summed E-state index contributed by atoms with van der Waals surface area (Å²) in [5.74, 6) is 1.20. The number of fused-ring (bicyclic) bond motifs is 1. The summed E-state index contributed by atoms with van der Waals surface area (Å²) >= 11 is 1.41. The van der Waals surface area contributed by atoms with Crippen molar-refractivity contribution < 1.29 is 4.74 Å². The van der Waals surface area contributed by atoms with E-state index in [4.69, 9.17) is 15.5 Å². The highest BCUT2D eigenvalue weighted by Crippen LogP contribution is 2.31. The van der Waals surface area contributed by atoms with E-state index >= 15 is 0 Å². The van der Waals surface area contributed by atoms with Crippen molar-refractivity contribution in [2.45, 2.75) is 26.7 Å². The van der Waals surface area contributed by atoms with Crippen LogP contribution >= 0.6 is 11.3 Å². The molecule has 0 fully saturated rings. The second-order valence-corrected chi connectivity index (χ2v) is 9.44. The lowest BCUT2D eigenvalue weighted by Gasteiger charge is -2.20. The van der Waals surface area contributed by atoms with Crippen LogP contribution in [0, 0.1) is 6.92 Å². The van der Waals surface area contributed by atoms with E-state index in [1.54, 1.807) is 10.8 Å². The van der Waals surface area contributed by atoms with Crippen LogP contribution in [-0.2, 0) is 0 Å². The Balaban J connectivity index is 1.52. The molecule has 0 unspecified atom stereocenters. The maximum atomic E-state index is 13.7. The van der Waals surface area contributed by atoms with Gasteiger partial charge in [-0.1, -0.05) is 48.6 Å². The first-order valence-corrected chi connectivity index (χ1v) is 12.9. The van der Waals surface area contributed by atoms with Crippen LogP contribution in [0.4, 0.5) is 11.8 Å². The van der Waals surface area contributed by atoms with Crippen LogP contribution < -0.4 is 21.3 Å². The second-order valence-electron chi connectivity index (χ2n) is 8.62. The van der Waals surface area contributed by atoms with Crippen molar-refractivity contribution >= 4 is 34.0 Å². The second kappa shape index (κ2) is 10.4. The molecule has 3 heterocycles. The minimum Gasteiger partial charge on any atom is -0.470 e. The van der Waals surface area contributed by atoms with Gasteiger partial charge in [-0.15, -0.1) is 0 Å². The first-order valence-electron chi connectivity index (χ1n) is 12.0. The van der Waals surface area contributed by atoms with E-state index < -0.39 is 0 Å². The lowest BCUT2D eigenvalue weighted by molar-refractivity contribution is 0.338. The van der Waals surface area contributed by atoms with Crippen LogP contribution in [0.25, 0.3) is 27.8 Å². The van der Waals surface area contributed by atoms with Gasteiger partial charge in [0, 0.05) is 24.0 Å². The smallest absolute Gasteiger partial charge is 0.273 e. The van der Waals surface area contributed by atoms with E-state index in [0.29, 0.717) is 52.1 Å². The molecule has 5 rings (SSSR count). The number of nitrogens with one attached hydrogen (secondary N) is 1. The number of aromatic nitrogens is 5. The van der Waals surface area contributed by atoms with E-state index in [-0.39, 0.29) is 17.4 Å². The van der Waals surface area contributed by atoms with E-state index in [1.807, 2.05) is 74.7 Å². The van der Waals surface area contributed by atoms with Crippen LogP contribution in [0.5, 0.6) is 5.19 Å². The number of hydrogen-bond acceptors (Lipinski definition) is 9. The third kappa shape index (κ3) is 4.88. The van der Waals surface area contributed by atoms with Crippen LogP contribution in [-0.4, -0.2) is 37.7 Å². The van der Waals surface area contributed by atoms with Gasteiger partial charge in [-0.25, -0.2) is 15.0 Å². The summed E-state index contributed by atoms with van der Waals surface area (Å²) < 4.78 is 7.22. The number of benzene rings is 2. The number of hydrogen-bond donors (Lipinski definition) is 2. The number of nitrogen functional groups attached to an aromatic ring is 1. The number of aryl methyl sites for hydroxylation is 1. The fourth-order valence-electron chi connectivity index (χ4n) is 4.20. The molecule has 10 heteroatoms. The Morgan fingerprint density at radius 2 is 1.92 bits per heavy atom. The summed E-state index contributed by atoms with van der Waals surface area (Å²) in [5, 5.41) is 6.48. The average Bonchev–Trinajstić information content (AvgIpc) is 3.36. The molecule has 0 aliphatic heterocycles. The van der Waals surface area contributed by atoms with E-state index in [1.165, 1.54) is 11.3 Å². The Morgan fingerprint density at radius 3 is 2.70 bits per heavy atom. The first kappa shape index (κ1) is 24.4. The van der Waals surface area contributed by atoms with Gasteiger partial charge in [-0.3, -0.25) is 9.36 Å². The molecule has 37 heavy (non-hydrogen) atoms. The molecule has 1 atom stereocenters. The molecule has 2 aromatic carbocycles. The molecule has 5 aromatic rings. The van der Waals surface area contributed by atoms with Gasteiger partial charge in [-0.05, 0) is 37.6 Å². The van der Waals surface area contributed by atoms with Gasteiger partial charge in [0.05, 0.1) is 34.5 Å². The van der Waals surface area contributed by atoms with Crippen molar-refractivity contribution in [2.75, 3.05) is 24.2 Å². The van der Waals surface area contributed by atoms with Crippen molar-refractivity contribution in [2.24, 2.45) is 0 Å². The highest BCUT2D eigenvalue weighted by atomic mass is 32.1. The summed E-state index contributed by atoms with van der Waals surface area (Å²) in [4.78, 5) is 31.8. The minimum absolute atomic E-state index is 0.0888. The zero-order chi connectivity index (χ0) is 25.9. The third-order valence-electron chi connectivity index (χ3n) is 6.00. The zero-order valence-corrected chi connectivity index (χ0v) is 21.6. The van der Waals surface area contributed by atoms with Crippen molar-refractivity contribution in [1.29, 1.82) is 0 Å². The number of nitrogens with two attached hydrogens (primary N) is 1. The Morgan fingerprint density at radius 1 is 1.11 bits per heavy atom. The molecule has 0 aliphatic carbocycles. The van der Waals surface area contributed by atoms with Gasteiger partial charge in [0.2, 0.25) is 5.95 Å². The molecule has 0 saturated heterocycles. The van der Waals surface area contributed by atoms with Crippen molar-refractivity contribution in [1.82, 2.24) is 24.5 Å². The van der Waals surface area contributed by atoms with Crippen molar-refractivity contribution in [3.8, 4) is 22.1 Å². The van der Waals surface area contributed by atoms with Gasteiger partial charge in [0.1, 0.15) is 11.6 Å². The zero-order valence-electron chi connectivity index (χ0n) is 20.8. The van der Waals surface area contributed by atoms with Gasteiger partial charge in [0.25, 0.3) is 10.8 Å². The number of ether oxygens (including phenoxy) is 1. The largest absolute Gasteiger partial charge is 0.470 e. The van der Waals surface area contributed by atoms with E-state index in [0.717, 1.165) is 11.3 Å². The molecule has 0 saturated carbocycles. The molecule has 0 aliphatic rings. The standard InChI is InChI=1S/C27H27N7O2S/c1-4-36-27-32-21(15-37-27)19-14-30-26(28)33-23(19)29-13-17(3)24-31-20-12-8-9-16(2)22(20)25(35)34(24)18-10-6-5-7-11-18/h5-12,14-15,17H,4,13H2,1-3H3,(H3,28,29,30,33)/t17-/m0/s1. The molecule has 3 N–H and O–H groups in total. The monoisotopic (exact) mass is 513 g/mol. The van der Waals surface area contributed by atoms with Gasteiger partial charge >= 0.3 is 0 Å². The first-order chi connectivity index (χ1) is 18.0. The molecular weight excluding hydrogens is 486 g/mol. The lowest BCUT2D eigenvalue weighted by Crippen LogP contribution is -2.27. The predicted octanol–water partition coefficient (Wildman–Crippen LogP) is 4.80. The molecule has 3 aromatic heterocycles. The molecule has 0 amide bonds. The average molecular weight is 514 g/mol. The minimum atomic E-state index is -0.156. The SMILES string of the molecule is CCOc1nc(-c2cnc(N)nc2NC[C@H](C)c2nc3cccc(C)c3c(=O)n2-c2ccccc2)cs1. The highest BCUT2D eigenvalue weighted by molar-refractivity contribution is 7.11. The van der Waals surface area contributed by atoms with Crippen LogP contribution in [0.2, 0.25) is 0 Å². The van der Waals surface area contributed by atoms with Crippen LogP contribution in [0.15, 0.2) is 64.9 Å². The number of anilines is 2. The fraction of sp³-hybridized carbons (Fsp3) is 0.222. The number of thiazole rings is 1. The van der Waals surface area contributed by atoms with E-state index in [2.05, 4.69) is 20.3 Å². The Kier molecular flexibility index (Phi) is 6.82. The van der Waals surface area contributed by atoms with Crippen LogP contribution in [0.3, 0.4) is 0 Å². The summed E-state index contributed by atoms with van der Waals surface area (Å²) in [5.41, 5.74) is 9.58. The molecule has 188 valence electrons. The molecule has 0 radical (unpaired) electrons. The number of para-hydroxylation sites is 1. The molecule has 0 bridgehead atoms. The summed E-state index contributed by atoms with van der Waals surface area (Å²) in [6.07, 6.45) is 1.65. The van der Waals surface area contributed by atoms with Crippen molar-refractivity contribution in [3.63, 3.8) is 0 Å². The summed E-state index contributed by atoms with van der Waals surface area (Å²) in [6.45, 7) is 6.86. The van der Waals surface area contributed by atoms with Gasteiger partial charge < -0.3 is 15.8 Å². The lowest BCUT2D eigenvalue weighted by atomic mass is 10.1. The summed E-state index contributed by atoms with van der Waals surface area (Å²) in [6, 6.07) is 15.3. The quantitative estimate of drug-likeness (QED) is 0.303. The summed E-state index contributed by atoms with van der Waals surface area (Å²) in [7, 11) is 0. The Bertz CT molecular complexity index is 1610. The maximum absolute atomic E-state index is 13.7. The van der Waals surface area contributed by atoms with Gasteiger partial charge in [0.15, 0.2) is 0 Å². The Labute approximate surface area is 218 Å². The fourth-order valence-corrected chi connectivity index (χ4v) is 4.93. The highest BCUT2D eigenvalue weighted by Gasteiger charge is 2.20.